The fraction of sp³-hybridized carbons (Fsp3) is 0.333. The molecule has 1 aliphatic rings. The molecule has 0 saturated heterocycles. The molecule has 0 aliphatic heterocycles. The van der Waals surface area contributed by atoms with Crippen LogP contribution in [0.5, 0.6) is 5.75 Å². The molecule has 2 aromatic rings. The van der Waals surface area contributed by atoms with Gasteiger partial charge in [0.25, 0.3) is 0 Å². The van der Waals surface area contributed by atoms with E-state index in [1.54, 1.807) is 13.4 Å². The highest BCUT2D eigenvalue weighted by molar-refractivity contribution is 5.67. The number of nitrogens with one attached hydrogen (secondary N) is 1. The van der Waals surface area contributed by atoms with E-state index in [0.29, 0.717) is 5.92 Å². The normalized spacial score (nSPS) is 21.1. The third kappa shape index (κ3) is 2.14. The average Bonchev–Trinajstić information content (AvgIpc) is 3.07. The van der Waals surface area contributed by atoms with E-state index in [9.17, 15) is 4.79 Å². The Hall–Kier alpha value is -2.10. The Labute approximate surface area is 111 Å². The summed E-state index contributed by atoms with van der Waals surface area (Å²) in [6, 6.07) is 6.03. The van der Waals surface area contributed by atoms with Crippen molar-refractivity contribution in [2.75, 3.05) is 7.11 Å². The van der Waals surface area contributed by atoms with Gasteiger partial charge in [0.2, 0.25) is 0 Å². The van der Waals surface area contributed by atoms with Crippen LogP contribution in [-0.2, 0) is 11.2 Å². The van der Waals surface area contributed by atoms with Crippen molar-refractivity contribution < 1.29 is 9.53 Å². The van der Waals surface area contributed by atoms with Gasteiger partial charge in [-0.25, -0.2) is 4.98 Å². The molecular weight excluding hydrogens is 240 g/mol. The highest BCUT2D eigenvalue weighted by Gasteiger charge is 2.31. The summed E-state index contributed by atoms with van der Waals surface area (Å²) in [5.74, 6) is 1.17. The van der Waals surface area contributed by atoms with Crippen molar-refractivity contribution in [3.8, 4) is 5.75 Å². The lowest BCUT2D eigenvalue weighted by Gasteiger charge is -2.10. The lowest BCUT2D eigenvalue weighted by Crippen LogP contribution is -1.99. The number of ether oxygens (including phenoxy) is 1. The van der Waals surface area contributed by atoms with E-state index in [1.165, 1.54) is 5.56 Å². The van der Waals surface area contributed by atoms with Crippen molar-refractivity contribution in [1.29, 1.82) is 0 Å². The van der Waals surface area contributed by atoms with Gasteiger partial charge in [0, 0.05) is 17.8 Å². The summed E-state index contributed by atoms with van der Waals surface area (Å²) in [6.45, 7) is 0. The van der Waals surface area contributed by atoms with Gasteiger partial charge in [-0.2, -0.15) is 0 Å². The molecule has 1 N–H and O–H groups in total. The summed E-state index contributed by atoms with van der Waals surface area (Å²) < 4.78 is 5.24. The zero-order valence-electron chi connectivity index (χ0n) is 10.8. The van der Waals surface area contributed by atoms with Gasteiger partial charge in [-0.3, -0.25) is 0 Å². The van der Waals surface area contributed by atoms with Gasteiger partial charge in [0.05, 0.1) is 13.4 Å². The summed E-state index contributed by atoms with van der Waals surface area (Å²) in [4.78, 5) is 18.4. The number of benzene rings is 1. The fourth-order valence-corrected chi connectivity index (χ4v) is 2.92. The maximum Gasteiger partial charge on any atom is 0.127 e. The molecule has 4 heteroatoms. The van der Waals surface area contributed by atoms with Crippen LogP contribution in [-0.4, -0.2) is 23.4 Å². The molecule has 19 heavy (non-hydrogen) atoms. The predicted molar refractivity (Wildman–Crippen MR) is 71.4 cm³/mol. The Morgan fingerprint density at radius 2 is 2.37 bits per heavy atom. The molecule has 0 fully saturated rings. The van der Waals surface area contributed by atoms with Crippen molar-refractivity contribution in [2.45, 2.75) is 24.7 Å². The van der Waals surface area contributed by atoms with Crippen LogP contribution in [0.15, 0.2) is 30.7 Å². The van der Waals surface area contributed by atoms with E-state index in [-0.39, 0.29) is 5.92 Å². The Balaban J connectivity index is 1.92. The molecule has 0 spiro atoms. The molecule has 1 aromatic carbocycles. The Kier molecular flexibility index (Phi) is 3.07. The number of imidazole rings is 1. The third-order valence-corrected chi connectivity index (χ3v) is 3.86. The summed E-state index contributed by atoms with van der Waals surface area (Å²) in [7, 11) is 1.65. The Morgan fingerprint density at radius 3 is 3.05 bits per heavy atom. The first-order valence-electron chi connectivity index (χ1n) is 6.42. The van der Waals surface area contributed by atoms with Gasteiger partial charge >= 0.3 is 0 Å². The summed E-state index contributed by atoms with van der Waals surface area (Å²) in [5, 5.41) is 0. The van der Waals surface area contributed by atoms with Crippen molar-refractivity contribution in [1.82, 2.24) is 9.97 Å². The summed E-state index contributed by atoms with van der Waals surface area (Å²) in [5.41, 5.74) is 3.48. The molecule has 0 saturated carbocycles. The first-order valence-corrected chi connectivity index (χ1v) is 6.42. The van der Waals surface area contributed by atoms with Gasteiger partial charge in [-0.15, -0.1) is 0 Å². The quantitative estimate of drug-likeness (QED) is 0.855. The molecule has 4 nitrogen and oxygen atoms in total. The molecular formula is C15H16N2O2. The number of H-pyrrole nitrogens is 1. The molecule has 2 atom stereocenters. The van der Waals surface area contributed by atoms with E-state index in [1.807, 2.05) is 18.3 Å². The second kappa shape index (κ2) is 4.88. The fourth-order valence-electron chi connectivity index (χ4n) is 2.92. The average molecular weight is 256 g/mol. The minimum atomic E-state index is -0.0157. The molecule has 0 radical (unpaired) electrons. The predicted octanol–water partition coefficient (Wildman–Crippen LogP) is 2.43. The Bertz CT molecular complexity index is 578. The topological polar surface area (TPSA) is 55.0 Å². The monoisotopic (exact) mass is 256 g/mol. The number of aldehydes is 1. The molecule has 98 valence electrons. The third-order valence-electron chi connectivity index (χ3n) is 3.86. The van der Waals surface area contributed by atoms with Gasteiger partial charge < -0.3 is 14.5 Å². The van der Waals surface area contributed by atoms with E-state index >= 15 is 0 Å². The lowest BCUT2D eigenvalue weighted by atomic mass is 9.96. The number of carbonyl (C=O) groups excluding carboxylic acids is 1. The molecule has 1 aromatic heterocycles. The smallest absolute Gasteiger partial charge is 0.127 e. The number of methoxy groups -OCH3 is 1. The maximum atomic E-state index is 11.3. The zero-order chi connectivity index (χ0) is 13.2. The van der Waals surface area contributed by atoms with Crippen molar-refractivity contribution in [3.63, 3.8) is 0 Å². The van der Waals surface area contributed by atoms with Crippen LogP contribution in [0.4, 0.5) is 0 Å². The first-order chi connectivity index (χ1) is 9.31. The van der Waals surface area contributed by atoms with Gasteiger partial charge in [0.1, 0.15) is 12.0 Å². The minimum absolute atomic E-state index is 0.0157. The van der Waals surface area contributed by atoms with Crippen LogP contribution in [0.2, 0.25) is 0 Å². The summed E-state index contributed by atoms with van der Waals surface area (Å²) >= 11 is 0. The van der Waals surface area contributed by atoms with Crippen molar-refractivity contribution in [3.05, 3.63) is 47.5 Å². The van der Waals surface area contributed by atoms with Crippen LogP contribution in [0.1, 0.15) is 35.1 Å². The molecule has 1 heterocycles. The number of rotatable bonds is 4. The lowest BCUT2D eigenvalue weighted by molar-refractivity contribution is -0.109. The van der Waals surface area contributed by atoms with Gasteiger partial charge in [-0.1, -0.05) is 6.07 Å². The number of aromatic nitrogens is 2. The number of fused-ring (bicyclic) bond motifs is 1. The number of hydrogen-bond acceptors (Lipinski definition) is 3. The van der Waals surface area contributed by atoms with Crippen LogP contribution >= 0.6 is 0 Å². The van der Waals surface area contributed by atoms with Gasteiger partial charge in [-0.05, 0) is 42.0 Å². The van der Waals surface area contributed by atoms with Crippen molar-refractivity contribution >= 4 is 6.29 Å². The first kappa shape index (κ1) is 12.0. The number of hydrogen-bond donors (Lipinski definition) is 1. The van der Waals surface area contributed by atoms with Crippen LogP contribution < -0.4 is 4.74 Å². The van der Waals surface area contributed by atoms with E-state index in [0.717, 1.165) is 36.1 Å². The minimum Gasteiger partial charge on any atom is -0.497 e. The maximum absolute atomic E-state index is 11.3. The summed E-state index contributed by atoms with van der Waals surface area (Å²) in [6.07, 6.45) is 6.34. The molecule has 1 aliphatic carbocycles. The van der Waals surface area contributed by atoms with Crippen LogP contribution in [0.25, 0.3) is 0 Å². The number of carbonyl (C=O) groups is 1. The molecule has 0 amide bonds. The van der Waals surface area contributed by atoms with Crippen LogP contribution in [0, 0.1) is 0 Å². The molecule has 0 bridgehead atoms. The van der Waals surface area contributed by atoms with Crippen molar-refractivity contribution in [2.24, 2.45) is 0 Å². The standard InChI is InChI=1S/C15H16N2O2/c1-19-13-2-3-14-10(5-12-7-16-9-17-12)4-11(8-18)15(14)6-13/h2-3,6-11H,4-5H2,1H3,(H,16,17). The highest BCUT2D eigenvalue weighted by Crippen LogP contribution is 2.43. The number of aromatic amines is 1. The van der Waals surface area contributed by atoms with Gasteiger partial charge in [0.15, 0.2) is 0 Å². The molecule has 3 rings (SSSR count). The van der Waals surface area contributed by atoms with E-state index in [2.05, 4.69) is 16.0 Å². The molecule has 2 unspecified atom stereocenters. The SMILES string of the molecule is COc1ccc2c(c1)C(C=O)CC2Cc1cnc[nH]1. The Morgan fingerprint density at radius 1 is 1.47 bits per heavy atom. The zero-order valence-corrected chi connectivity index (χ0v) is 10.8. The number of nitrogens with zero attached hydrogens (tertiary/aromatic N) is 1. The van der Waals surface area contributed by atoms with E-state index < -0.39 is 0 Å². The second-order valence-electron chi connectivity index (χ2n) is 4.95. The highest BCUT2D eigenvalue weighted by atomic mass is 16.5. The second-order valence-corrected chi connectivity index (χ2v) is 4.95. The van der Waals surface area contributed by atoms with Crippen LogP contribution in [0.3, 0.4) is 0 Å². The van der Waals surface area contributed by atoms with E-state index in [4.69, 9.17) is 4.74 Å². The largest absolute Gasteiger partial charge is 0.497 e.